The zero-order chi connectivity index (χ0) is 10.2. The van der Waals surface area contributed by atoms with Gasteiger partial charge in [0.25, 0.3) is 0 Å². The molecule has 0 heterocycles. The van der Waals surface area contributed by atoms with E-state index < -0.39 is 0 Å². The summed E-state index contributed by atoms with van der Waals surface area (Å²) in [6.07, 6.45) is 6.43. The summed E-state index contributed by atoms with van der Waals surface area (Å²) in [4.78, 5) is 11.8. The van der Waals surface area contributed by atoms with Crippen molar-refractivity contribution in [1.29, 1.82) is 0 Å². The van der Waals surface area contributed by atoms with Crippen LogP contribution in [0.15, 0.2) is 12.2 Å². The third-order valence-corrected chi connectivity index (χ3v) is 3.54. The first-order valence-electron chi connectivity index (χ1n) is 5.41. The van der Waals surface area contributed by atoms with Crippen LogP contribution in [-0.2, 0) is 9.53 Å². The number of esters is 1. The molecule has 0 aromatic carbocycles. The van der Waals surface area contributed by atoms with Crippen LogP contribution < -0.4 is 0 Å². The second-order valence-electron chi connectivity index (χ2n) is 4.85. The molecule has 0 saturated heterocycles. The predicted molar refractivity (Wildman–Crippen MR) is 54.8 cm³/mol. The standard InChI is InChI=1S/C12H18O2/c1-9-5-6-12(7-9,11(13)14-2)8-10-3-4-10/h10H,1,3-8H2,2H3. The van der Waals surface area contributed by atoms with E-state index >= 15 is 0 Å². The Labute approximate surface area is 85.3 Å². The second-order valence-corrected chi connectivity index (χ2v) is 4.85. The number of hydrogen-bond acceptors (Lipinski definition) is 2. The van der Waals surface area contributed by atoms with E-state index in [1.807, 2.05) is 0 Å². The molecule has 2 fully saturated rings. The van der Waals surface area contributed by atoms with Crippen LogP contribution >= 0.6 is 0 Å². The summed E-state index contributed by atoms with van der Waals surface area (Å²) in [5.41, 5.74) is 1.02. The minimum absolute atomic E-state index is 0.0111. The smallest absolute Gasteiger partial charge is 0.312 e. The van der Waals surface area contributed by atoms with Gasteiger partial charge in [-0.3, -0.25) is 4.79 Å². The highest BCUT2D eigenvalue weighted by Crippen LogP contribution is 2.50. The Hall–Kier alpha value is -0.790. The van der Waals surface area contributed by atoms with E-state index in [4.69, 9.17) is 4.74 Å². The molecule has 0 aliphatic heterocycles. The van der Waals surface area contributed by atoms with Gasteiger partial charge in [0.2, 0.25) is 0 Å². The van der Waals surface area contributed by atoms with Crippen molar-refractivity contribution in [2.45, 2.75) is 38.5 Å². The van der Waals surface area contributed by atoms with Gasteiger partial charge in [-0.2, -0.15) is 0 Å². The van der Waals surface area contributed by atoms with Gasteiger partial charge in [-0.1, -0.05) is 25.0 Å². The van der Waals surface area contributed by atoms with Gasteiger partial charge in [-0.05, 0) is 31.6 Å². The summed E-state index contributed by atoms with van der Waals surface area (Å²) >= 11 is 0. The van der Waals surface area contributed by atoms with Gasteiger partial charge in [-0.15, -0.1) is 0 Å². The summed E-state index contributed by atoms with van der Waals surface area (Å²) in [6, 6.07) is 0. The molecule has 2 rings (SSSR count). The first-order valence-corrected chi connectivity index (χ1v) is 5.41. The van der Waals surface area contributed by atoms with Crippen molar-refractivity contribution in [3.8, 4) is 0 Å². The van der Waals surface area contributed by atoms with Gasteiger partial charge in [0, 0.05) is 0 Å². The predicted octanol–water partition coefficient (Wildman–Crippen LogP) is 2.69. The molecule has 2 saturated carbocycles. The molecule has 0 radical (unpaired) electrons. The summed E-state index contributed by atoms with van der Waals surface area (Å²) in [6.45, 7) is 3.99. The van der Waals surface area contributed by atoms with E-state index in [0.29, 0.717) is 0 Å². The molecular weight excluding hydrogens is 176 g/mol. The van der Waals surface area contributed by atoms with Crippen molar-refractivity contribution >= 4 is 5.97 Å². The van der Waals surface area contributed by atoms with Crippen molar-refractivity contribution < 1.29 is 9.53 Å². The molecule has 2 nitrogen and oxygen atoms in total. The molecule has 0 aromatic heterocycles. The molecule has 1 atom stereocenters. The van der Waals surface area contributed by atoms with E-state index in [0.717, 1.165) is 31.6 Å². The van der Waals surface area contributed by atoms with Gasteiger partial charge < -0.3 is 4.74 Å². The number of hydrogen-bond donors (Lipinski definition) is 0. The van der Waals surface area contributed by atoms with Crippen LogP contribution in [0.2, 0.25) is 0 Å². The van der Waals surface area contributed by atoms with Crippen LogP contribution in [0, 0.1) is 11.3 Å². The van der Waals surface area contributed by atoms with Crippen LogP contribution in [0.1, 0.15) is 38.5 Å². The zero-order valence-electron chi connectivity index (χ0n) is 8.84. The van der Waals surface area contributed by atoms with Crippen molar-refractivity contribution in [1.82, 2.24) is 0 Å². The second kappa shape index (κ2) is 3.41. The minimum atomic E-state index is -0.201. The summed E-state index contributed by atoms with van der Waals surface area (Å²) in [5.74, 6) is 0.767. The highest BCUT2D eigenvalue weighted by atomic mass is 16.5. The van der Waals surface area contributed by atoms with Gasteiger partial charge in [-0.25, -0.2) is 0 Å². The fraction of sp³-hybridized carbons (Fsp3) is 0.750. The van der Waals surface area contributed by atoms with Crippen LogP contribution in [0.5, 0.6) is 0 Å². The summed E-state index contributed by atoms with van der Waals surface area (Å²) < 4.78 is 4.93. The number of ether oxygens (including phenoxy) is 1. The molecule has 2 heteroatoms. The van der Waals surface area contributed by atoms with Crippen molar-refractivity contribution in [2.24, 2.45) is 11.3 Å². The monoisotopic (exact) mass is 194 g/mol. The number of rotatable bonds is 3. The molecule has 0 aromatic rings. The summed E-state index contributed by atoms with van der Waals surface area (Å²) in [5, 5.41) is 0. The van der Waals surface area contributed by atoms with Crippen molar-refractivity contribution in [2.75, 3.05) is 7.11 Å². The Balaban J connectivity index is 2.10. The highest BCUT2D eigenvalue weighted by Gasteiger charge is 2.46. The first-order chi connectivity index (χ1) is 6.66. The third-order valence-electron chi connectivity index (χ3n) is 3.54. The Morgan fingerprint density at radius 2 is 2.36 bits per heavy atom. The highest BCUT2D eigenvalue weighted by molar-refractivity contribution is 5.78. The minimum Gasteiger partial charge on any atom is -0.469 e. The topological polar surface area (TPSA) is 26.3 Å². The van der Waals surface area contributed by atoms with Gasteiger partial charge >= 0.3 is 5.97 Å². The largest absolute Gasteiger partial charge is 0.469 e. The maximum Gasteiger partial charge on any atom is 0.312 e. The maximum absolute atomic E-state index is 11.8. The Bertz CT molecular complexity index is 265. The first kappa shape index (κ1) is 9.75. The van der Waals surface area contributed by atoms with Crippen LogP contribution in [0.25, 0.3) is 0 Å². The fourth-order valence-corrected chi connectivity index (χ4v) is 2.59. The quantitative estimate of drug-likeness (QED) is 0.510. The number of carbonyl (C=O) groups excluding carboxylic acids is 1. The van der Waals surface area contributed by atoms with Crippen LogP contribution in [0.4, 0.5) is 0 Å². The van der Waals surface area contributed by atoms with E-state index in [2.05, 4.69) is 6.58 Å². The SMILES string of the molecule is C=C1CCC(CC2CC2)(C(=O)OC)C1. The van der Waals surface area contributed by atoms with E-state index in [-0.39, 0.29) is 11.4 Å². The molecular formula is C12H18O2. The average molecular weight is 194 g/mol. The van der Waals surface area contributed by atoms with Gasteiger partial charge in [0.1, 0.15) is 0 Å². The fourth-order valence-electron chi connectivity index (χ4n) is 2.59. The van der Waals surface area contributed by atoms with Crippen molar-refractivity contribution in [3.05, 3.63) is 12.2 Å². The number of carbonyl (C=O) groups is 1. The van der Waals surface area contributed by atoms with Crippen LogP contribution in [-0.4, -0.2) is 13.1 Å². The molecule has 78 valence electrons. The molecule has 0 N–H and O–H groups in total. The molecule has 0 amide bonds. The van der Waals surface area contributed by atoms with Crippen LogP contribution in [0.3, 0.4) is 0 Å². The van der Waals surface area contributed by atoms with Gasteiger partial charge in [0.05, 0.1) is 12.5 Å². The number of methoxy groups -OCH3 is 1. The zero-order valence-corrected chi connectivity index (χ0v) is 8.84. The molecule has 14 heavy (non-hydrogen) atoms. The lowest BCUT2D eigenvalue weighted by molar-refractivity contribution is -0.153. The Kier molecular flexibility index (Phi) is 2.38. The van der Waals surface area contributed by atoms with Gasteiger partial charge in [0.15, 0.2) is 0 Å². The number of allylic oxidation sites excluding steroid dienone is 1. The van der Waals surface area contributed by atoms with Crippen molar-refractivity contribution in [3.63, 3.8) is 0 Å². The normalized spacial score (nSPS) is 31.9. The molecule has 2 aliphatic rings. The lowest BCUT2D eigenvalue weighted by Crippen LogP contribution is -2.30. The molecule has 0 bridgehead atoms. The van der Waals surface area contributed by atoms with E-state index in [1.54, 1.807) is 0 Å². The Morgan fingerprint density at radius 3 is 2.79 bits per heavy atom. The maximum atomic E-state index is 11.8. The Morgan fingerprint density at radius 1 is 1.64 bits per heavy atom. The molecule has 2 aliphatic carbocycles. The summed E-state index contributed by atoms with van der Waals surface area (Å²) in [7, 11) is 1.50. The lowest BCUT2D eigenvalue weighted by atomic mass is 9.80. The van der Waals surface area contributed by atoms with E-state index in [9.17, 15) is 4.79 Å². The van der Waals surface area contributed by atoms with E-state index in [1.165, 1.54) is 25.5 Å². The average Bonchev–Trinajstić information content (AvgIpc) is 2.89. The lowest BCUT2D eigenvalue weighted by Gasteiger charge is -2.25. The third kappa shape index (κ3) is 1.70. The molecule has 1 unspecified atom stereocenters. The molecule has 0 spiro atoms.